The summed E-state index contributed by atoms with van der Waals surface area (Å²) < 4.78 is 5.29. The fourth-order valence-electron chi connectivity index (χ4n) is 1.71. The van der Waals surface area contributed by atoms with Crippen LogP contribution in [-0.2, 0) is 4.74 Å². The smallest absolute Gasteiger partial charge is 0.176 e. The molecular formula is C15H20N2O2. The Morgan fingerprint density at radius 1 is 1.32 bits per heavy atom. The number of nitrogens with zero attached hydrogens (tertiary/aromatic N) is 2. The third-order valence-electron chi connectivity index (χ3n) is 2.91. The Morgan fingerprint density at radius 3 is 2.53 bits per heavy atom. The second-order valence-electron chi connectivity index (χ2n) is 4.18. The maximum absolute atomic E-state index is 12.1. The first-order chi connectivity index (χ1) is 9.21. The summed E-state index contributed by atoms with van der Waals surface area (Å²) in [7, 11) is 0. The molecule has 0 radical (unpaired) electrons. The van der Waals surface area contributed by atoms with Crippen molar-refractivity contribution in [3.8, 4) is 6.07 Å². The van der Waals surface area contributed by atoms with Gasteiger partial charge in [-0.25, -0.2) is 0 Å². The van der Waals surface area contributed by atoms with Crippen molar-refractivity contribution in [3.05, 3.63) is 35.4 Å². The second-order valence-corrected chi connectivity index (χ2v) is 4.18. The minimum Gasteiger partial charge on any atom is -0.380 e. The zero-order valence-electron chi connectivity index (χ0n) is 11.6. The monoisotopic (exact) mass is 260 g/mol. The molecule has 0 N–H and O–H groups in total. The quantitative estimate of drug-likeness (QED) is 0.530. The van der Waals surface area contributed by atoms with E-state index in [1.807, 2.05) is 19.9 Å². The molecule has 0 unspecified atom stereocenters. The molecule has 0 saturated heterocycles. The number of carbonyl (C=O) groups is 1. The van der Waals surface area contributed by atoms with E-state index in [1.165, 1.54) is 0 Å². The molecule has 4 nitrogen and oxygen atoms in total. The molecule has 0 aliphatic heterocycles. The number of benzene rings is 1. The molecule has 1 aromatic rings. The van der Waals surface area contributed by atoms with E-state index in [-0.39, 0.29) is 5.78 Å². The van der Waals surface area contributed by atoms with Gasteiger partial charge in [0.25, 0.3) is 0 Å². The Hall–Kier alpha value is -1.70. The van der Waals surface area contributed by atoms with E-state index in [0.717, 1.165) is 13.1 Å². The average Bonchev–Trinajstić information content (AvgIpc) is 2.46. The molecule has 1 rings (SSSR count). The van der Waals surface area contributed by atoms with E-state index in [4.69, 9.17) is 10.00 Å². The highest BCUT2D eigenvalue weighted by Crippen LogP contribution is 2.05. The van der Waals surface area contributed by atoms with Crippen molar-refractivity contribution in [3.63, 3.8) is 0 Å². The Bertz CT molecular complexity index is 434. The van der Waals surface area contributed by atoms with Crippen LogP contribution >= 0.6 is 0 Å². The normalized spacial score (nSPS) is 10.4. The first-order valence-corrected chi connectivity index (χ1v) is 6.54. The SMILES string of the molecule is CCOCCN(CC)CC(=O)c1ccc(C#N)cc1. The van der Waals surface area contributed by atoms with Gasteiger partial charge in [-0.2, -0.15) is 5.26 Å². The molecule has 1 aromatic carbocycles. The van der Waals surface area contributed by atoms with Crippen molar-refractivity contribution < 1.29 is 9.53 Å². The lowest BCUT2D eigenvalue weighted by molar-refractivity contribution is 0.0867. The van der Waals surface area contributed by atoms with Crippen molar-refractivity contribution in [2.75, 3.05) is 32.8 Å². The number of likely N-dealkylation sites (N-methyl/N-ethyl adjacent to an activating group) is 1. The number of carbonyl (C=O) groups excluding carboxylic acids is 1. The maximum Gasteiger partial charge on any atom is 0.176 e. The predicted molar refractivity (Wildman–Crippen MR) is 74.1 cm³/mol. The topological polar surface area (TPSA) is 53.3 Å². The zero-order chi connectivity index (χ0) is 14.1. The van der Waals surface area contributed by atoms with Gasteiger partial charge in [-0.3, -0.25) is 9.69 Å². The van der Waals surface area contributed by atoms with E-state index < -0.39 is 0 Å². The molecule has 0 aliphatic rings. The number of hydrogen-bond acceptors (Lipinski definition) is 4. The summed E-state index contributed by atoms with van der Waals surface area (Å²) in [6.07, 6.45) is 0. The molecule has 0 bridgehead atoms. The fraction of sp³-hybridized carbons (Fsp3) is 0.467. The van der Waals surface area contributed by atoms with Crippen LogP contribution in [0.25, 0.3) is 0 Å². The molecule has 0 aromatic heterocycles. The van der Waals surface area contributed by atoms with E-state index >= 15 is 0 Å². The van der Waals surface area contributed by atoms with Crippen LogP contribution in [0, 0.1) is 11.3 Å². The molecule has 0 saturated carbocycles. The number of ketones is 1. The maximum atomic E-state index is 12.1. The molecule has 0 amide bonds. The van der Waals surface area contributed by atoms with Gasteiger partial charge in [-0.15, -0.1) is 0 Å². The minimum atomic E-state index is 0.0721. The minimum absolute atomic E-state index is 0.0721. The molecule has 0 fully saturated rings. The molecular weight excluding hydrogens is 240 g/mol. The van der Waals surface area contributed by atoms with Gasteiger partial charge in [0.05, 0.1) is 24.8 Å². The van der Waals surface area contributed by atoms with E-state index in [9.17, 15) is 4.79 Å². The van der Waals surface area contributed by atoms with Crippen LogP contribution in [0.1, 0.15) is 29.8 Å². The average molecular weight is 260 g/mol. The summed E-state index contributed by atoms with van der Waals surface area (Å²) in [6, 6.07) is 8.79. The lowest BCUT2D eigenvalue weighted by Crippen LogP contribution is -2.32. The molecule has 0 atom stereocenters. The van der Waals surface area contributed by atoms with Gasteiger partial charge in [-0.05, 0) is 25.6 Å². The van der Waals surface area contributed by atoms with Crippen molar-refractivity contribution in [1.29, 1.82) is 5.26 Å². The van der Waals surface area contributed by atoms with Gasteiger partial charge in [0.1, 0.15) is 0 Å². The van der Waals surface area contributed by atoms with E-state index in [1.54, 1.807) is 24.3 Å². The Balaban J connectivity index is 2.53. The third kappa shape index (κ3) is 5.21. The molecule has 4 heteroatoms. The van der Waals surface area contributed by atoms with Crippen LogP contribution in [0.5, 0.6) is 0 Å². The lowest BCUT2D eigenvalue weighted by atomic mass is 10.1. The summed E-state index contributed by atoms with van der Waals surface area (Å²) in [4.78, 5) is 14.1. The summed E-state index contributed by atoms with van der Waals surface area (Å²) >= 11 is 0. The summed E-state index contributed by atoms with van der Waals surface area (Å²) in [5.41, 5.74) is 1.22. The zero-order valence-corrected chi connectivity index (χ0v) is 11.6. The summed E-state index contributed by atoms with van der Waals surface area (Å²) in [5.74, 6) is 0.0721. The van der Waals surface area contributed by atoms with Crippen LogP contribution in [0.3, 0.4) is 0 Å². The highest BCUT2D eigenvalue weighted by molar-refractivity contribution is 5.97. The summed E-state index contributed by atoms with van der Waals surface area (Å²) in [6.45, 7) is 7.28. The van der Waals surface area contributed by atoms with Crippen LogP contribution in [0.2, 0.25) is 0 Å². The Labute approximate surface area is 114 Å². The highest BCUT2D eigenvalue weighted by atomic mass is 16.5. The van der Waals surface area contributed by atoms with Crippen molar-refractivity contribution in [2.45, 2.75) is 13.8 Å². The van der Waals surface area contributed by atoms with Gasteiger partial charge in [0, 0.05) is 18.7 Å². The van der Waals surface area contributed by atoms with Gasteiger partial charge in [0.15, 0.2) is 5.78 Å². The molecule has 102 valence electrons. The van der Waals surface area contributed by atoms with Crippen LogP contribution in [0.15, 0.2) is 24.3 Å². The van der Waals surface area contributed by atoms with E-state index in [0.29, 0.717) is 30.9 Å². The van der Waals surface area contributed by atoms with Crippen molar-refractivity contribution in [1.82, 2.24) is 4.90 Å². The molecule has 0 heterocycles. The second kappa shape index (κ2) is 8.41. The standard InChI is InChI=1S/C15H20N2O2/c1-3-17(9-10-19-4-2)12-15(18)14-7-5-13(11-16)6-8-14/h5-8H,3-4,9-10,12H2,1-2H3. The number of ether oxygens (including phenoxy) is 1. The van der Waals surface area contributed by atoms with Crippen molar-refractivity contribution >= 4 is 5.78 Å². The Kier molecular flexibility index (Phi) is 6.80. The highest BCUT2D eigenvalue weighted by Gasteiger charge is 2.11. The lowest BCUT2D eigenvalue weighted by Gasteiger charge is -2.19. The number of hydrogen-bond donors (Lipinski definition) is 0. The van der Waals surface area contributed by atoms with E-state index in [2.05, 4.69) is 4.90 Å². The Morgan fingerprint density at radius 2 is 2.00 bits per heavy atom. The predicted octanol–water partition coefficient (Wildman–Crippen LogP) is 2.10. The number of Topliss-reactive ketones (excluding diaryl/α,β-unsaturated/α-hetero) is 1. The molecule has 0 aliphatic carbocycles. The van der Waals surface area contributed by atoms with Crippen LogP contribution < -0.4 is 0 Å². The number of nitriles is 1. The van der Waals surface area contributed by atoms with Gasteiger partial charge in [-0.1, -0.05) is 19.1 Å². The molecule has 0 spiro atoms. The van der Waals surface area contributed by atoms with Gasteiger partial charge < -0.3 is 4.74 Å². The first kappa shape index (κ1) is 15.4. The van der Waals surface area contributed by atoms with Crippen LogP contribution in [-0.4, -0.2) is 43.5 Å². The fourth-order valence-corrected chi connectivity index (χ4v) is 1.71. The third-order valence-corrected chi connectivity index (χ3v) is 2.91. The van der Waals surface area contributed by atoms with Crippen LogP contribution in [0.4, 0.5) is 0 Å². The molecule has 19 heavy (non-hydrogen) atoms. The number of rotatable bonds is 8. The van der Waals surface area contributed by atoms with Crippen molar-refractivity contribution in [2.24, 2.45) is 0 Å². The largest absolute Gasteiger partial charge is 0.380 e. The van der Waals surface area contributed by atoms with Gasteiger partial charge >= 0.3 is 0 Å². The first-order valence-electron chi connectivity index (χ1n) is 6.54. The summed E-state index contributed by atoms with van der Waals surface area (Å²) in [5, 5.41) is 8.71. The van der Waals surface area contributed by atoms with Gasteiger partial charge in [0.2, 0.25) is 0 Å².